The van der Waals surface area contributed by atoms with E-state index < -0.39 is 0 Å². The summed E-state index contributed by atoms with van der Waals surface area (Å²) in [6.07, 6.45) is 0.829. The minimum atomic E-state index is -0.336. The van der Waals surface area contributed by atoms with E-state index in [1.165, 1.54) is 6.07 Å². The zero-order chi connectivity index (χ0) is 14.5. The van der Waals surface area contributed by atoms with Crippen molar-refractivity contribution in [3.8, 4) is 0 Å². The number of aryl methyl sites for hydroxylation is 1. The van der Waals surface area contributed by atoms with Crippen LogP contribution in [-0.4, -0.2) is 16.5 Å². The van der Waals surface area contributed by atoms with Crippen molar-refractivity contribution in [1.29, 1.82) is 0 Å². The van der Waals surface area contributed by atoms with E-state index in [9.17, 15) is 10.1 Å². The smallest absolute Gasteiger partial charge is 0.274 e. The predicted molar refractivity (Wildman–Crippen MR) is 80.1 cm³/mol. The van der Waals surface area contributed by atoms with Crippen LogP contribution in [-0.2, 0) is 6.42 Å². The highest BCUT2D eigenvalue weighted by molar-refractivity contribution is 7.09. The maximum atomic E-state index is 11.0. The number of thiazole rings is 1. The molecule has 0 aliphatic rings. The highest BCUT2D eigenvalue weighted by Gasteiger charge is 2.17. The number of nitrogens with one attached hydrogen (secondary N) is 1. The van der Waals surface area contributed by atoms with Gasteiger partial charge in [-0.15, -0.1) is 11.3 Å². The molecule has 0 spiro atoms. The van der Waals surface area contributed by atoms with E-state index in [4.69, 9.17) is 0 Å². The van der Waals surface area contributed by atoms with Gasteiger partial charge in [-0.2, -0.15) is 0 Å². The second-order valence-electron chi connectivity index (χ2n) is 4.60. The largest absolute Gasteiger partial charge is 0.310 e. The third-order valence-corrected chi connectivity index (χ3v) is 3.92. The maximum Gasteiger partial charge on any atom is 0.274 e. The van der Waals surface area contributed by atoms with Gasteiger partial charge in [0.05, 0.1) is 15.6 Å². The highest BCUT2D eigenvalue weighted by atomic mass is 32.1. The van der Waals surface area contributed by atoms with Crippen molar-refractivity contribution >= 4 is 17.0 Å². The first-order chi connectivity index (χ1) is 9.58. The van der Waals surface area contributed by atoms with Crippen molar-refractivity contribution in [2.24, 2.45) is 0 Å². The Hall–Kier alpha value is -1.79. The fraction of sp³-hybridized carbons (Fsp3) is 0.357. The number of benzene rings is 1. The predicted octanol–water partition coefficient (Wildman–Crippen LogP) is 3.25. The minimum Gasteiger partial charge on any atom is -0.310 e. The van der Waals surface area contributed by atoms with E-state index >= 15 is 0 Å². The molecule has 0 saturated carbocycles. The van der Waals surface area contributed by atoms with Crippen LogP contribution in [0, 0.1) is 17.0 Å². The Bertz CT molecular complexity index is 598. The molecule has 5 nitrogen and oxygen atoms in total. The van der Waals surface area contributed by atoms with Gasteiger partial charge in [-0.25, -0.2) is 4.98 Å². The first-order valence-electron chi connectivity index (χ1n) is 6.45. The Morgan fingerprint density at radius 1 is 1.45 bits per heavy atom. The van der Waals surface area contributed by atoms with Gasteiger partial charge in [-0.1, -0.05) is 18.2 Å². The highest BCUT2D eigenvalue weighted by Crippen LogP contribution is 2.24. The molecule has 0 aliphatic heterocycles. The van der Waals surface area contributed by atoms with Crippen molar-refractivity contribution < 1.29 is 4.92 Å². The van der Waals surface area contributed by atoms with E-state index in [2.05, 4.69) is 10.3 Å². The van der Waals surface area contributed by atoms with Gasteiger partial charge in [-0.05, 0) is 13.8 Å². The normalized spacial score (nSPS) is 12.3. The van der Waals surface area contributed by atoms with E-state index in [-0.39, 0.29) is 16.7 Å². The van der Waals surface area contributed by atoms with Crippen molar-refractivity contribution in [2.45, 2.75) is 26.3 Å². The van der Waals surface area contributed by atoms with Crippen LogP contribution in [0.5, 0.6) is 0 Å². The molecule has 106 valence electrons. The van der Waals surface area contributed by atoms with Crippen molar-refractivity contribution in [3.05, 3.63) is 56.0 Å². The maximum absolute atomic E-state index is 11.0. The fourth-order valence-corrected chi connectivity index (χ4v) is 2.72. The lowest BCUT2D eigenvalue weighted by atomic mass is 10.1. The summed E-state index contributed by atoms with van der Waals surface area (Å²) < 4.78 is 0. The average molecular weight is 291 g/mol. The van der Waals surface area contributed by atoms with Gasteiger partial charge in [-0.3, -0.25) is 10.1 Å². The van der Waals surface area contributed by atoms with Gasteiger partial charge in [0.15, 0.2) is 0 Å². The van der Waals surface area contributed by atoms with Crippen LogP contribution in [0.3, 0.4) is 0 Å². The Morgan fingerprint density at radius 3 is 2.85 bits per heavy atom. The van der Waals surface area contributed by atoms with E-state index in [0.717, 1.165) is 23.7 Å². The molecule has 0 amide bonds. The van der Waals surface area contributed by atoms with Gasteiger partial charge in [0.25, 0.3) is 5.69 Å². The molecular weight excluding hydrogens is 274 g/mol. The number of hydrogen-bond donors (Lipinski definition) is 1. The van der Waals surface area contributed by atoms with Crippen LogP contribution in [0.2, 0.25) is 0 Å². The summed E-state index contributed by atoms with van der Waals surface area (Å²) in [4.78, 5) is 15.1. The lowest BCUT2D eigenvalue weighted by molar-refractivity contribution is -0.385. The average Bonchev–Trinajstić information content (AvgIpc) is 2.84. The third kappa shape index (κ3) is 3.61. The van der Waals surface area contributed by atoms with Crippen molar-refractivity contribution in [3.63, 3.8) is 0 Å². The van der Waals surface area contributed by atoms with Gasteiger partial charge < -0.3 is 5.32 Å². The lowest BCUT2D eigenvalue weighted by Crippen LogP contribution is -2.22. The summed E-state index contributed by atoms with van der Waals surface area (Å²) >= 11 is 1.64. The van der Waals surface area contributed by atoms with Gasteiger partial charge in [0, 0.05) is 36.0 Å². The summed E-state index contributed by atoms with van der Waals surface area (Å²) in [5.74, 6) is 0. The summed E-state index contributed by atoms with van der Waals surface area (Å²) in [5, 5.41) is 17.4. The summed E-state index contributed by atoms with van der Waals surface area (Å²) in [7, 11) is 0. The molecule has 0 saturated heterocycles. The standard InChI is InChI=1S/C14H17N3O2S/c1-10(13-5-3-4-6-14(13)17(18)19)15-8-7-12-9-20-11(2)16-12/h3-6,9-10,15H,7-8H2,1-2H3. The first-order valence-corrected chi connectivity index (χ1v) is 7.33. The molecule has 0 bridgehead atoms. The zero-order valence-corrected chi connectivity index (χ0v) is 12.3. The summed E-state index contributed by atoms with van der Waals surface area (Å²) in [6.45, 7) is 4.67. The second-order valence-corrected chi connectivity index (χ2v) is 5.66. The molecule has 20 heavy (non-hydrogen) atoms. The minimum absolute atomic E-state index is 0.0590. The van der Waals surface area contributed by atoms with Crippen LogP contribution in [0.1, 0.15) is 29.2 Å². The molecule has 0 radical (unpaired) electrons. The van der Waals surface area contributed by atoms with Crippen LogP contribution >= 0.6 is 11.3 Å². The number of hydrogen-bond acceptors (Lipinski definition) is 5. The van der Waals surface area contributed by atoms with Gasteiger partial charge in [0.1, 0.15) is 0 Å². The summed E-state index contributed by atoms with van der Waals surface area (Å²) in [5.41, 5.74) is 1.94. The van der Waals surface area contributed by atoms with Crippen molar-refractivity contribution in [2.75, 3.05) is 6.54 Å². The fourth-order valence-electron chi connectivity index (χ4n) is 2.07. The SMILES string of the molecule is Cc1nc(CCNC(C)c2ccccc2[N+](=O)[O-])cs1. The topological polar surface area (TPSA) is 68.1 Å². The molecule has 0 aliphatic carbocycles. The van der Waals surface area contributed by atoms with Crippen LogP contribution in [0.25, 0.3) is 0 Å². The van der Waals surface area contributed by atoms with E-state index in [1.54, 1.807) is 23.5 Å². The Kier molecular flexibility index (Phi) is 4.81. The van der Waals surface area contributed by atoms with Gasteiger partial charge in [0.2, 0.25) is 0 Å². The number of aromatic nitrogens is 1. The molecule has 2 rings (SSSR count). The van der Waals surface area contributed by atoms with Gasteiger partial charge >= 0.3 is 0 Å². The van der Waals surface area contributed by atoms with E-state index in [0.29, 0.717) is 5.56 Å². The zero-order valence-electron chi connectivity index (χ0n) is 11.5. The van der Waals surface area contributed by atoms with E-state index in [1.807, 2.05) is 25.3 Å². The molecule has 1 heterocycles. The van der Waals surface area contributed by atoms with Crippen LogP contribution < -0.4 is 5.32 Å². The molecule has 1 aromatic heterocycles. The molecule has 2 aromatic rings. The first kappa shape index (κ1) is 14.6. The lowest BCUT2D eigenvalue weighted by Gasteiger charge is -2.13. The second kappa shape index (κ2) is 6.58. The molecule has 1 atom stereocenters. The molecular formula is C14H17N3O2S. The molecule has 1 unspecified atom stereocenters. The Morgan fingerprint density at radius 2 is 2.20 bits per heavy atom. The van der Waals surface area contributed by atoms with Crippen LogP contribution in [0.4, 0.5) is 5.69 Å². The monoisotopic (exact) mass is 291 g/mol. The molecule has 1 aromatic carbocycles. The van der Waals surface area contributed by atoms with Crippen LogP contribution in [0.15, 0.2) is 29.6 Å². The number of para-hydroxylation sites is 1. The number of nitro benzene ring substituents is 1. The number of rotatable bonds is 6. The Balaban J connectivity index is 1.95. The van der Waals surface area contributed by atoms with Crippen molar-refractivity contribution in [1.82, 2.24) is 10.3 Å². The third-order valence-electron chi connectivity index (χ3n) is 3.10. The molecule has 6 heteroatoms. The quantitative estimate of drug-likeness (QED) is 0.655. The molecule has 0 fully saturated rings. The number of nitrogens with zero attached hydrogens (tertiary/aromatic N) is 2. The molecule has 1 N–H and O–H groups in total. The number of nitro groups is 1. The Labute approximate surface area is 121 Å². The summed E-state index contributed by atoms with van der Waals surface area (Å²) in [6, 6.07) is 6.79.